The first kappa shape index (κ1) is 24.5. The van der Waals surface area contributed by atoms with Crippen molar-refractivity contribution in [1.82, 2.24) is 0 Å². The summed E-state index contributed by atoms with van der Waals surface area (Å²) in [5.41, 5.74) is 1.78. The molecule has 1 saturated carbocycles. The Bertz CT molecular complexity index is 1110. The molecule has 0 amide bonds. The smallest absolute Gasteiger partial charge is 0.406 e. The van der Waals surface area contributed by atoms with E-state index in [4.69, 9.17) is 0 Å². The van der Waals surface area contributed by atoms with Crippen molar-refractivity contribution in [2.24, 2.45) is 5.92 Å². The SMILES string of the molecule is CCC[C@H]1CC[C@H](c2c(F)cc(CCc3ccc4cc(OC(F)(F)F)ccc4c3)cc2F)CC1. The molecular weight excluding hydrogens is 447 g/mol. The number of rotatable bonds is 7. The molecule has 3 aromatic carbocycles. The molecule has 182 valence electrons. The first-order chi connectivity index (χ1) is 16.2. The molecule has 1 nitrogen and oxygen atoms in total. The Labute approximate surface area is 196 Å². The standard InChI is InChI=1S/C28H29F5O/c1-2-3-18-6-9-21(10-7-18)27-25(29)15-20(16-26(27)30)5-4-19-8-11-23-17-24(34-28(31,32)33)13-12-22(23)14-19/h8,11-18,21H,2-7,9-10H2,1H3/t18-,21-. The summed E-state index contributed by atoms with van der Waals surface area (Å²) in [7, 11) is 0. The lowest BCUT2D eigenvalue weighted by Crippen LogP contribution is -2.16. The number of ether oxygens (including phenoxy) is 1. The summed E-state index contributed by atoms with van der Waals surface area (Å²) in [6.45, 7) is 2.17. The van der Waals surface area contributed by atoms with E-state index in [2.05, 4.69) is 11.7 Å². The molecule has 3 aromatic rings. The summed E-state index contributed by atoms with van der Waals surface area (Å²) < 4.78 is 71.0. The van der Waals surface area contributed by atoms with Gasteiger partial charge in [-0.1, -0.05) is 44.0 Å². The van der Waals surface area contributed by atoms with Crippen LogP contribution in [-0.4, -0.2) is 6.36 Å². The van der Waals surface area contributed by atoms with E-state index in [1.54, 1.807) is 12.1 Å². The van der Waals surface area contributed by atoms with E-state index in [9.17, 15) is 22.0 Å². The fraction of sp³-hybridized carbons (Fsp3) is 0.429. The average Bonchev–Trinajstić information content (AvgIpc) is 2.77. The molecule has 4 rings (SSSR count). The number of alkyl halides is 3. The second-order valence-corrected chi connectivity index (χ2v) is 9.37. The Kier molecular flexibility index (Phi) is 7.44. The quantitative estimate of drug-likeness (QED) is 0.310. The van der Waals surface area contributed by atoms with E-state index in [1.807, 2.05) is 12.1 Å². The van der Waals surface area contributed by atoms with Crippen LogP contribution in [0, 0.1) is 17.6 Å². The molecule has 0 N–H and O–H groups in total. The van der Waals surface area contributed by atoms with Crippen LogP contribution < -0.4 is 4.74 Å². The van der Waals surface area contributed by atoms with Crippen LogP contribution in [0.1, 0.15) is 68.1 Å². The van der Waals surface area contributed by atoms with Gasteiger partial charge in [-0.05, 0) is 96.5 Å². The highest BCUT2D eigenvalue weighted by atomic mass is 19.4. The van der Waals surface area contributed by atoms with Crippen molar-refractivity contribution < 1.29 is 26.7 Å². The van der Waals surface area contributed by atoms with E-state index < -0.39 is 18.0 Å². The first-order valence-corrected chi connectivity index (χ1v) is 12.0. The number of aryl methyl sites for hydroxylation is 2. The maximum Gasteiger partial charge on any atom is 0.573 e. The minimum Gasteiger partial charge on any atom is -0.406 e. The van der Waals surface area contributed by atoms with Crippen molar-refractivity contribution in [2.45, 2.75) is 70.6 Å². The molecule has 0 bridgehead atoms. The van der Waals surface area contributed by atoms with E-state index >= 15 is 0 Å². The predicted octanol–water partition coefficient (Wildman–Crippen LogP) is 8.88. The average molecular weight is 477 g/mol. The molecule has 0 heterocycles. The number of fused-ring (bicyclic) bond motifs is 1. The van der Waals surface area contributed by atoms with Gasteiger partial charge in [-0.25, -0.2) is 8.78 Å². The van der Waals surface area contributed by atoms with Crippen molar-refractivity contribution in [1.29, 1.82) is 0 Å². The van der Waals surface area contributed by atoms with Crippen LogP contribution in [0.25, 0.3) is 10.8 Å². The topological polar surface area (TPSA) is 9.23 Å². The molecule has 1 aliphatic rings. The molecule has 1 fully saturated rings. The van der Waals surface area contributed by atoms with E-state index in [0.29, 0.717) is 29.7 Å². The molecule has 0 radical (unpaired) electrons. The Morgan fingerprint density at radius 2 is 1.41 bits per heavy atom. The van der Waals surface area contributed by atoms with Crippen molar-refractivity contribution in [3.63, 3.8) is 0 Å². The molecule has 0 saturated heterocycles. The van der Waals surface area contributed by atoms with Crippen LogP contribution in [-0.2, 0) is 12.8 Å². The van der Waals surface area contributed by atoms with Gasteiger partial charge in [0.1, 0.15) is 17.4 Å². The van der Waals surface area contributed by atoms with Crippen LogP contribution >= 0.6 is 0 Å². The Balaban J connectivity index is 1.42. The lowest BCUT2D eigenvalue weighted by Gasteiger charge is -2.29. The zero-order valence-electron chi connectivity index (χ0n) is 19.2. The van der Waals surface area contributed by atoms with Gasteiger partial charge in [-0.2, -0.15) is 0 Å². The zero-order valence-corrected chi connectivity index (χ0v) is 19.2. The summed E-state index contributed by atoms with van der Waals surface area (Å²) in [5.74, 6) is -0.543. The van der Waals surface area contributed by atoms with Crippen molar-refractivity contribution >= 4 is 10.8 Å². The highest BCUT2D eigenvalue weighted by Gasteiger charge is 2.31. The number of benzene rings is 3. The second-order valence-electron chi connectivity index (χ2n) is 9.37. The van der Waals surface area contributed by atoms with Gasteiger partial charge in [0.05, 0.1) is 0 Å². The first-order valence-electron chi connectivity index (χ1n) is 12.0. The highest BCUT2D eigenvalue weighted by Crippen LogP contribution is 2.39. The summed E-state index contributed by atoms with van der Waals surface area (Å²) >= 11 is 0. The fourth-order valence-electron chi connectivity index (χ4n) is 5.23. The Morgan fingerprint density at radius 1 is 0.794 bits per heavy atom. The third-order valence-electron chi connectivity index (χ3n) is 6.90. The van der Waals surface area contributed by atoms with Gasteiger partial charge in [0.2, 0.25) is 0 Å². The third kappa shape index (κ3) is 6.08. The molecule has 0 spiro atoms. The largest absolute Gasteiger partial charge is 0.573 e. The second kappa shape index (κ2) is 10.3. The zero-order chi connectivity index (χ0) is 24.3. The van der Waals surface area contributed by atoms with E-state index in [-0.39, 0.29) is 17.2 Å². The third-order valence-corrected chi connectivity index (χ3v) is 6.90. The number of hydrogen-bond donors (Lipinski definition) is 0. The van der Waals surface area contributed by atoms with E-state index in [1.165, 1.54) is 30.7 Å². The highest BCUT2D eigenvalue weighted by molar-refractivity contribution is 5.84. The molecule has 0 atom stereocenters. The number of hydrogen-bond acceptors (Lipinski definition) is 1. The monoisotopic (exact) mass is 476 g/mol. The molecule has 0 aliphatic heterocycles. The van der Waals surface area contributed by atoms with Crippen molar-refractivity contribution in [3.8, 4) is 5.75 Å². The number of halogens is 5. The molecule has 6 heteroatoms. The lowest BCUT2D eigenvalue weighted by atomic mass is 9.77. The van der Waals surface area contributed by atoms with Crippen molar-refractivity contribution in [2.75, 3.05) is 0 Å². The van der Waals surface area contributed by atoms with Gasteiger partial charge in [-0.3, -0.25) is 0 Å². The summed E-state index contributed by atoms with van der Waals surface area (Å²) in [5, 5.41) is 1.40. The maximum atomic E-state index is 14.9. The predicted molar refractivity (Wildman–Crippen MR) is 124 cm³/mol. The van der Waals surface area contributed by atoms with Crippen LogP contribution in [0.5, 0.6) is 5.75 Å². The fourth-order valence-corrected chi connectivity index (χ4v) is 5.23. The summed E-state index contributed by atoms with van der Waals surface area (Å²) in [4.78, 5) is 0. The van der Waals surface area contributed by atoms with Gasteiger partial charge in [0.25, 0.3) is 0 Å². The minimum atomic E-state index is -4.73. The molecule has 34 heavy (non-hydrogen) atoms. The van der Waals surface area contributed by atoms with Crippen molar-refractivity contribution in [3.05, 3.63) is 76.9 Å². The van der Waals surface area contributed by atoms with Gasteiger partial charge >= 0.3 is 6.36 Å². The van der Waals surface area contributed by atoms with Crippen LogP contribution in [0.2, 0.25) is 0 Å². The van der Waals surface area contributed by atoms with Crippen LogP contribution in [0.4, 0.5) is 22.0 Å². The van der Waals surface area contributed by atoms with Gasteiger partial charge in [-0.15, -0.1) is 13.2 Å². The lowest BCUT2D eigenvalue weighted by molar-refractivity contribution is -0.274. The molecule has 0 unspecified atom stereocenters. The van der Waals surface area contributed by atoms with Gasteiger partial charge in [0.15, 0.2) is 0 Å². The summed E-state index contributed by atoms with van der Waals surface area (Å²) in [6.07, 6.45) is 2.38. The Morgan fingerprint density at radius 3 is 2.06 bits per heavy atom. The van der Waals surface area contributed by atoms with E-state index in [0.717, 1.165) is 43.1 Å². The Hall–Kier alpha value is -2.63. The molecule has 1 aliphatic carbocycles. The van der Waals surface area contributed by atoms with Gasteiger partial charge in [0, 0.05) is 5.56 Å². The van der Waals surface area contributed by atoms with Crippen LogP contribution in [0.3, 0.4) is 0 Å². The van der Waals surface area contributed by atoms with Gasteiger partial charge < -0.3 is 4.74 Å². The summed E-state index contributed by atoms with van der Waals surface area (Å²) in [6, 6.07) is 12.5. The normalized spacial score (nSPS) is 18.9. The van der Waals surface area contributed by atoms with Crippen LogP contribution in [0.15, 0.2) is 48.5 Å². The molecule has 0 aromatic heterocycles. The minimum absolute atomic E-state index is 0.0474. The molecular formula is C28H29F5O. The maximum absolute atomic E-state index is 14.9.